The molecule has 2 aliphatic rings. The van der Waals surface area contributed by atoms with E-state index in [2.05, 4.69) is 13.8 Å². The van der Waals surface area contributed by atoms with Gasteiger partial charge in [-0.05, 0) is 18.3 Å². The molecule has 0 radical (unpaired) electrons. The third kappa shape index (κ3) is 3.51. The predicted molar refractivity (Wildman–Crippen MR) is 74.3 cm³/mol. The second-order valence-electron chi connectivity index (χ2n) is 6.66. The molecule has 0 bridgehead atoms. The van der Waals surface area contributed by atoms with E-state index in [1.165, 1.54) is 6.42 Å². The van der Waals surface area contributed by atoms with Gasteiger partial charge in [0.05, 0.1) is 19.1 Å². The zero-order valence-electron chi connectivity index (χ0n) is 12.4. The number of ether oxygens (including phenoxy) is 1. The van der Waals surface area contributed by atoms with Crippen molar-refractivity contribution in [1.29, 1.82) is 0 Å². The summed E-state index contributed by atoms with van der Waals surface area (Å²) in [6.45, 7) is 5.78. The van der Waals surface area contributed by atoms with Crippen LogP contribution in [0.15, 0.2) is 0 Å². The number of nitrogens with zero attached hydrogens (tertiary/aromatic N) is 1. The van der Waals surface area contributed by atoms with Gasteiger partial charge in [0.2, 0.25) is 5.91 Å². The first kappa shape index (κ1) is 15.3. The van der Waals surface area contributed by atoms with E-state index < -0.39 is 5.97 Å². The zero-order chi connectivity index (χ0) is 14.8. The van der Waals surface area contributed by atoms with Crippen molar-refractivity contribution in [3.63, 3.8) is 0 Å². The maximum atomic E-state index is 12.7. The lowest BCUT2D eigenvalue weighted by atomic mass is 9.68. The van der Waals surface area contributed by atoms with E-state index in [1.54, 1.807) is 0 Å². The van der Waals surface area contributed by atoms with Crippen LogP contribution in [0.5, 0.6) is 0 Å². The molecule has 1 saturated carbocycles. The van der Waals surface area contributed by atoms with Gasteiger partial charge in [-0.15, -0.1) is 0 Å². The molecule has 5 nitrogen and oxygen atoms in total. The van der Waals surface area contributed by atoms with Gasteiger partial charge in [0, 0.05) is 19.0 Å². The minimum Gasteiger partial charge on any atom is -0.481 e. The normalized spacial score (nSPS) is 30.0. The molecular formula is C15H25NO4. The third-order valence-electron chi connectivity index (χ3n) is 4.66. The van der Waals surface area contributed by atoms with E-state index in [0.717, 1.165) is 19.3 Å². The van der Waals surface area contributed by atoms with Crippen molar-refractivity contribution in [3.8, 4) is 0 Å². The first-order valence-corrected chi connectivity index (χ1v) is 7.52. The highest BCUT2D eigenvalue weighted by molar-refractivity contribution is 5.80. The van der Waals surface area contributed by atoms with E-state index in [1.807, 2.05) is 4.90 Å². The lowest BCUT2D eigenvalue weighted by Crippen LogP contribution is -2.51. The SMILES string of the molecule is CC1(C)CCCCC1C(=O)N1CCOC(CC(=O)O)C1. The maximum Gasteiger partial charge on any atom is 0.306 e. The fraction of sp³-hybridized carbons (Fsp3) is 0.867. The van der Waals surface area contributed by atoms with Gasteiger partial charge >= 0.3 is 5.97 Å². The molecule has 1 aliphatic heterocycles. The van der Waals surface area contributed by atoms with Crippen LogP contribution in [0, 0.1) is 11.3 Å². The largest absolute Gasteiger partial charge is 0.481 e. The van der Waals surface area contributed by atoms with Gasteiger partial charge in [-0.3, -0.25) is 9.59 Å². The van der Waals surface area contributed by atoms with Crippen LogP contribution in [0.3, 0.4) is 0 Å². The number of morpholine rings is 1. The average Bonchev–Trinajstić information content (AvgIpc) is 2.37. The van der Waals surface area contributed by atoms with Gasteiger partial charge in [0.1, 0.15) is 0 Å². The first-order chi connectivity index (χ1) is 9.40. The van der Waals surface area contributed by atoms with Crippen molar-refractivity contribution in [1.82, 2.24) is 4.90 Å². The molecule has 1 amide bonds. The van der Waals surface area contributed by atoms with Gasteiger partial charge in [-0.25, -0.2) is 0 Å². The fourth-order valence-corrected chi connectivity index (χ4v) is 3.41. The summed E-state index contributed by atoms with van der Waals surface area (Å²) in [5.74, 6) is -0.615. The van der Waals surface area contributed by atoms with Crippen LogP contribution in [-0.2, 0) is 14.3 Å². The van der Waals surface area contributed by atoms with Crippen molar-refractivity contribution >= 4 is 11.9 Å². The summed E-state index contributed by atoms with van der Waals surface area (Å²) in [7, 11) is 0. The van der Waals surface area contributed by atoms with E-state index in [-0.39, 0.29) is 29.8 Å². The van der Waals surface area contributed by atoms with Crippen LogP contribution in [0.25, 0.3) is 0 Å². The first-order valence-electron chi connectivity index (χ1n) is 7.52. The Morgan fingerprint density at radius 2 is 2.10 bits per heavy atom. The van der Waals surface area contributed by atoms with Gasteiger partial charge in [0.25, 0.3) is 0 Å². The zero-order valence-corrected chi connectivity index (χ0v) is 12.4. The number of hydrogen-bond acceptors (Lipinski definition) is 3. The van der Waals surface area contributed by atoms with Crippen LogP contribution >= 0.6 is 0 Å². The Balaban J connectivity index is 1.99. The molecule has 2 atom stereocenters. The highest BCUT2D eigenvalue weighted by Crippen LogP contribution is 2.41. The summed E-state index contributed by atoms with van der Waals surface area (Å²) in [6, 6.07) is 0. The summed E-state index contributed by atoms with van der Waals surface area (Å²) in [6.07, 6.45) is 3.96. The molecule has 1 aliphatic carbocycles. The number of hydrogen-bond donors (Lipinski definition) is 1. The van der Waals surface area contributed by atoms with Crippen LogP contribution in [0.2, 0.25) is 0 Å². The molecule has 0 aromatic carbocycles. The van der Waals surface area contributed by atoms with Crippen LogP contribution in [-0.4, -0.2) is 47.7 Å². The Morgan fingerprint density at radius 3 is 2.75 bits per heavy atom. The molecule has 2 rings (SSSR count). The van der Waals surface area contributed by atoms with Crippen molar-refractivity contribution < 1.29 is 19.4 Å². The average molecular weight is 283 g/mol. The highest BCUT2D eigenvalue weighted by Gasteiger charge is 2.40. The standard InChI is InChI=1S/C15H25NO4/c1-15(2)6-4-3-5-12(15)14(19)16-7-8-20-11(10-16)9-13(17)18/h11-12H,3-10H2,1-2H3,(H,17,18). The third-order valence-corrected chi connectivity index (χ3v) is 4.66. The minimum absolute atomic E-state index is 0.0299. The molecule has 2 unspecified atom stereocenters. The molecular weight excluding hydrogens is 258 g/mol. The number of amides is 1. The predicted octanol–water partition coefficient (Wildman–Crippen LogP) is 1.90. The van der Waals surface area contributed by atoms with Crippen molar-refractivity contribution in [2.45, 2.75) is 52.1 Å². The Kier molecular flexibility index (Phi) is 4.68. The monoisotopic (exact) mass is 283 g/mol. The summed E-state index contributed by atoms with van der Waals surface area (Å²) in [5, 5.41) is 8.84. The molecule has 1 heterocycles. The quantitative estimate of drug-likeness (QED) is 0.859. The lowest BCUT2D eigenvalue weighted by Gasteiger charge is -2.42. The van der Waals surface area contributed by atoms with Gasteiger partial charge < -0.3 is 14.7 Å². The molecule has 114 valence electrons. The van der Waals surface area contributed by atoms with Crippen molar-refractivity contribution in [3.05, 3.63) is 0 Å². The summed E-state index contributed by atoms with van der Waals surface area (Å²) < 4.78 is 5.43. The van der Waals surface area contributed by atoms with E-state index >= 15 is 0 Å². The Labute approximate surface area is 120 Å². The number of carboxylic acid groups (broad SMARTS) is 1. The fourth-order valence-electron chi connectivity index (χ4n) is 3.41. The maximum absolute atomic E-state index is 12.7. The number of aliphatic carboxylic acids is 1. The molecule has 0 spiro atoms. The van der Waals surface area contributed by atoms with Gasteiger partial charge in [-0.1, -0.05) is 26.7 Å². The van der Waals surface area contributed by atoms with Crippen LogP contribution < -0.4 is 0 Å². The smallest absolute Gasteiger partial charge is 0.306 e. The second kappa shape index (κ2) is 6.12. The molecule has 2 fully saturated rings. The minimum atomic E-state index is -0.873. The number of carbonyl (C=O) groups is 2. The van der Waals surface area contributed by atoms with Crippen molar-refractivity contribution in [2.24, 2.45) is 11.3 Å². The molecule has 0 aromatic rings. The molecule has 5 heteroatoms. The van der Waals surface area contributed by atoms with E-state index in [4.69, 9.17) is 9.84 Å². The van der Waals surface area contributed by atoms with Gasteiger partial charge in [0.15, 0.2) is 0 Å². The second-order valence-corrected chi connectivity index (χ2v) is 6.66. The number of carboxylic acids is 1. The summed E-state index contributed by atoms with van der Waals surface area (Å²) in [5.41, 5.74) is 0.0515. The Bertz CT molecular complexity index is 380. The van der Waals surface area contributed by atoms with E-state index in [9.17, 15) is 9.59 Å². The summed E-state index contributed by atoms with van der Waals surface area (Å²) >= 11 is 0. The highest BCUT2D eigenvalue weighted by atomic mass is 16.5. The summed E-state index contributed by atoms with van der Waals surface area (Å²) in [4.78, 5) is 25.3. The van der Waals surface area contributed by atoms with Gasteiger partial charge in [-0.2, -0.15) is 0 Å². The Hall–Kier alpha value is -1.10. The lowest BCUT2D eigenvalue weighted by molar-refractivity contribution is -0.153. The topological polar surface area (TPSA) is 66.8 Å². The number of rotatable bonds is 3. The van der Waals surface area contributed by atoms with Crippen LogP contribution in [0.1, 0.15) is 46.0 Å². The van der Waals surface area contributed by atoms with Crippen molar-refractivity contribution in [2.75, 3.05) is 19.7 Å². The molecule has 1 saturated heterocycles. The van der Waals surface area contributed by atoms with E-state index in [0.29, 0.717) is 19.7 Å². The number of carbonyl (C=O) groups excluding carboxylic acids is 1. The molecule has 20 heavy (non-hydrogen) atoms. The molecule has 1 N–H and O–H groups in total. The van der Waals surface area contributed by atoms with Crippen LogP contribution in [0.4, 0.5) is 0 Å². The molecule has 0 aromatic heterocycles. The Morgan fingerprint density at radius 1 is 1.35 bits per heavy atom.